The van der Waals surface area contributed by atoms with Crippen LogP contribution >= 0.6 is 0 Å². The van der Waals surface area contributed by atoms with Gasteiger partial charge >= 0.3 is 0 Å². The summed E-state index contributed by atoms with van der Waals surface area (Å²) in [5, 5.41) is 5.82. The molecule has 5 nitrogen and oxygen atoms in total. The van der Waals surface area contributed by atoms with Gasteiger partial charge in [0.25, 0.3) is 0 Å². The number of furan rings is 1. The summed E-state index contributed by atoms with van der Waals surface area (Å²) < 4.78 is 11.2. The minimum absolute atomic E-state index is 0.651. The molecule has 0 fully saturated rings. The van der Waals surface area contributed by atoms with E-state index in [0.717, 1.165) is 66.7 Å². The summed E-state index contributed by atoms with van der Waals surface area (Å²) in [6, 6.07) is 59.6. The molecule has 11 aromatic rings. The maximum atomic E-state index is 6.55. The van der Waals surface area contributed by atoms with Crippen molar-refractivity contribution in [3.05, 3.63) is 170 Å². The molecule has 0 amide bonds. The van der Waals surface area contributed by atoms with Crippen LogP contribution < -0.4 is 0 Å². The van der Waals surface area contributed by atoms with Gasteiger partial charge in [-0.05, 0) is 60.7 Å². The average Bonchev–Trinajstić information content (AvgIpc) is 3.85. The number of rotatable bonds is 4. The largest absolute Gasteiger partial charge is 0.452 e. The van der Waals surface area contributed by atoms with Gasteiger partial charge in [0.1, 0.15) is 16.8 Å². The Kier molecular flexibility index (Phi) is 5.89. The van der Waals surface area contributed by atoms with Crippen molar-refractivity contribution in [1.29, 1.82) is 0 Å². The number of para-hydroxylation sites is 5. The zero-order valence-electron chi connectivity index (χ0n) is 27.4. The standard InChI is InChI=1S/C46H28N4O/c1-2-14-31(15-3-1)49-38-21-8-6-19-35(38)36-26-25-30(28-41(36)49)46-47-43(45-44(48-46)37-20-7-11-24-42(37)51-45)29-13-12-16-32(27-29)50-39-22-9-4-17-33(39)34-18-5-10-23-40(34)50/h1-28H. The maximum Gasteiger partial charge on any atom is 0.180 e. The van der Waals surface area contributed by atoms with Crippen LogP contribution in [0, 0.1) is 0 Å². The first-order chi connectivity index (χ1) is 25.3. The molecule has 0 N–H and O–H groups in total. The highest BCUT2D eigenvalue weighted by Gasteiger charge is 2.21. The number of hydrogen-bond acceptors (Lipinski definition) is 3. The molecule has 0 atom stereocenters. The highest BCUT2D eigenvalue weighted by molar-refractivity contribution is 6.12. The van der Waals surface area contributed by atoms with Crippen LogP contribution in [0.3, 0.4) is 0 Å². The monoisotopic (exact) mass is 652 g/mol. The predicted octanol–water partition coefficient (Wildman–Crippen LogP) is 11.9. The van der Waals surface area contributed by atoms with Crippen molar-refractivity contribution in [2.45, 2.75) is 0 Å². The first-order valence-electron chi connectivity index (χ1n) is 17.2. The van der Waals surface area contributed by atoms with E-state index in [1.165, 1.54) is 21.5 Å². The average molecular weight is 653 g/mol. The third kappa shape index (κ3) is 4.15. The Morgan fingerprint density at radius 3 is 1.67 bits per heavy atom. The van der Waals surface area contributed by atoms with Crippen molar-refractivity contribution in [2.24, 2.45) is 0 Å². The van der Waals surface area contributed by atoms with Crippen LogP contribution in [-0.2, 0) is 0 Å². The summed E-state index contributed by atoms with van der Waals surface area (Å²) in [6.07, 6.45) is 0. The molecule has 238 valence electrons. The van der Waals surface area contributed by atoms with Gasteiger partial charge in [0.2, 0.25) is 0 Å². The van der Waals surface area contributed by atoms with Crippen molar-refractivity contribution in [2.75, 3.05) is 0 Å². The van der Waals surface area contributed by atoms with Crippen LogP contribution in [0.4, 0.5) is 0 Å². The van der Waals surface area contributed by atoms with Gasteiger partial charge < -0.3 is 13.6 Å². The molecular formula is C46H28N4O. The molecule has 4 heterocycles. The molecule has 0 aliphatic rings. The smallest absolute Gasteiger partial charge is 0.180 e. The highest BCUT2D eigenvalue weighted by Crippen LogP contribution is 2.39. The SMILES string of the molecule is c1ccc(-n2c3ccccc3c3ccc(-c4nc(-c5cccc(-n6c7ccccc7c7ccccc76)c5)c5oc6ccccc6c5n4)cc32)cc1. The molecule has 0 saturated heterocycles. The lowest BCUT2D eigenvalue weighted by Gasteiger charge is -2.11. The van der Waals surface area contributed by atoms with Gasteiger partial charge in [-0.2, -0.15) is 0 Å². The summed E-state index contributed by atoms with van der Waals surface area (Å²) in [5.74, 6) is 0.651. The van der Waals surface area contributed by atoms with E-state index in [2.05, 4.69) is 161 Å². The predicted molar refractivity (Wildman–Crippen MR) is 209 cm³/mol. The van der Waals surface area contributed by atoms with Crippen LogP contribution in [0.25, 0.3) is 99.7 Å². The first kappa shape index (κ1) is 27.9. The van der Waals surface area contributed by atoms with Crippen LogP contribution in [-0.4, -0.2) is 19.1 Å². The third-order valence-corrected chi connectivity index (χ3v) is 10.1. The van der Waals surface area contributed by atoms with E-state index in [9.17, 15) is 0 Å². The molecule has 5 heteroatoms. The summed E-state index contributed by atoms with van der Waals surface area (Å²) in [5.41, 5.74) is 11.7. The van der Waals surface area contributed by atoms with E-state index >= 15 is 0 Å². The van der Waals surface area contributed by atoms with Crippen molar-refractivity contribution < 1.29 is 4.42 Å². The van der Waals surface area contributed by atoms with E-state index in [-0.39, 0.29) is 0 Å². The minimum Gasteiger partial charge on any atom is -0.452 e. The fourth-order valence-electron chi connectivity index (χ4n) is 7.87. The fraction of sp³-hybridized carbons (Fsp3) is 0. The Balaban J connectivity index is 1.16. The zero-order valence-corrected chi connectivity index (χ0v) is 27.4. The Morgan fingerprint density at radius 1 is 0.392 bits per heavy atom. The lowest BCUT2D eigenvalue weighted by atomic mass is 10.1. The second kappa shape index (κ2) is 10.8. The molecule has 0 aliphatic heterocycles. The number of aromatic nitrogens is 4. The van der Waals surface area contributed by atoms with Crippen LogP contribution in [0.2, 0.25) is 0 Å². The van der Waals surface area contributed by atoms with E-state index in [0.29, 0.717) is 11.4 Å². The van der Waals surface area contributed by atoms with Crippen LogP contribution in [0.5, 0.6) is 0 Å². The number of benzene rings is 7. The minimum atomic E-state index is 0.651. The van der Waals surface area contributed by atoms with Gasteiger partial charge in [0.05, 0.1) is 22.1 Å². The van der Waals surface area contributed by atoms with E-state index in [4.69, 9.17) is 14.4 Å². The number of hydrogen-bond donors (Lipinski definition) is 0. The fourth-order valence-corrected chi connectivity index (χ4v) is 7.87. The lowest BCUT2D eigenvalue weighted by molar-refractivity contribution is 0.667. The molecule has 0 saturated carbocycles. The van der Waals surface area contributed by atoms with E-state index in [1.807, 2.05) is 18.2 Å². The molecule has 7 aromatic carbocycles. The topological polar surface area (TPSA) is 48.8 Å². The Bertz CT molecular complexity index is 3090. The molecule has 0 radical (unpaired) electrons. The highest BCUT2D eigenvalue weighted by atomic mass is 16.3. The van der Waals surface area contributed by atoms with Gasteiger partial charge in [-0.25, -0.2) is 9.97 Å². The molecule has 0 bridgehead atoms. The molecule has 0 aliphatic carbocycles. The van der Waals surface area contributed by atoms with Crippen molar-refractivity contribution >= 4 is 65.7 Å². The van der Waals surface area contributed by atoms with E-state index in [1.54, 1.807) is 0 Å². The summed E-state index contributed by atoms with van der Waals surface area (Å²) in [6.45, 7) is 0. The zero-order chi connectivity index (χ0) is 33.5. The summed E-state index contributed by atoms with van der Waals surface area (Å²) >= 11 is 0. The first-order valence-corrected chi connectivity index (χ1v) is 17.2. The van der Waals surface area contributed by atoms with Gasteiger partial charge in [-0.3, -0.25) is 0 Å². The quantitative estimate of drug-likeness (QED) is 0.190. The Hall–Kier alpha value is -6.98. The van der Waals surface area contributed by atoms with Crippen LogP contribution in [0.1, 0.15) is 0 Å². The summed E-state index contributed by atoms with van der Waals surface area (Å²) in [7, 11) is 0. The maximum absolute atomic E-state index is 6.55. The van der Waals surface area contributed by atoms with Crippen molar-refractivity contribution in [3.8, 4) is 34.0 Å². The molecule has 4 aromatic heterocycles. The van der Waals surface area contributed by atoms with Crippen LogP contribution in [0.15, 0.2) is 174 Å². The Labute approximate surface area is 292 Å². The Morgan fingerprint density at radius 2 is 0.961 bits per heavy atom. The lowest BCUT2D eigenvalue weighted by Crippen LogP contribution is -1.97. The molecule has 0 spiro atoms. The van der Waals surface area contributed by atoms with Gasteiger partial charge in [-0.1, -0.05) is 109 Å². The number of fused-ring (bicyclic) bond motifs is 9. The number of nitrogens with zero attached hydrogens (tertiary/aromatic N) is 4. The molecule has 11 rings (SSSR count). The third-order valence-electron chi connectivity index (χ3n) is 10.1. The molecule has 0 unspecified atom stereocenters. The van der Waals surface area contributed by atoms with Gasteiger partial charge in [0, 0.05) is 49.4 Å². The van der Waals surface area contributed by atoms with Gasteiger partial charge in [0.15, 0.2) is 11.4 Å². The second-order valence-electron chi connectivity index (χ2n) is 13.0. The molecular weight excluding hydrogens is 625 g/mol. The van der Waals surface area contributed by atoms with E-state index < -0.39 is 0 Å². The normalized spacial score (nSPS) is 11.9. The second-order valence-corrected chi connectivity index (χ2v) is 13.0. The van der Waals surface area contributed by atoms with Gasteiger partial charge in [-0.15, -0.1) is 0 Å². The van der Waals surface area contributed by atoms with Crippen molar-refractivity contribution in [3.63, 3.8) is 0 Å². The van der Waals surface area contributed by atoms with Crippen molar-refractivity contribution in [1.82, 2.24) is 19.1 Å². The summed E-state index contributed by atoms with van der Waals surface area (Å²) in [4.78, 5) is 10.5. The molecule has 51 heavy (non-hydrogen) atoms.